The van der Waals surface area contributed by atoms with E-state index in [2.05, 4.69) is 24.1 Å². The lowest BCUT2D eigenvalue weighted by atomic mass is 9.79. The van der Waals surface area contributed by atoms with Gasteiger partial charge in [-0.1, -0.05) is 30.3 Å². The summed E-state index contributed by atoms with van der Waals surface area (Å²) in [4.78, 5) is 13.4. The van der Waals surface area contributed by atoms with Crippen LogP contribution in [0.25, 0.3) is 0 Å². The third kappa shape index (κ3) is 3.33. The molecular formula is C15H21NO2. The first-order valence-corrected chi connectivity index (χ1v) is 6.62. The maximum absolute atomic E-state index is 11.1. The number of carboxylic acid groups (broad SMARTS) is 1. The topological polar surface area (TPSA) is 40.5 Å². The van der Waals surface area contributed by atoms with Gasteiger partial charge >= 0.3 is 5.97 Å². The Morgan fingerprint density at radius 3 is 2.78 bits per heavy atom. The van der Waals surface area contributed by atoms with Crippen molar-refractivity contribution in [3.63, 3.8) is 0 Å². The summed E-state index contributed by atoms with van der Waals surface area (Å²) in [5.74, 6) is -0.0919. The molecule has 0 aromatic heterocycles. The maximum Gasteiger partial charge on any atom is 0.303 e. The number of rotatable bonds is 4. The van der Waals surface area contributed by atoms with Crippen molar-refractivity contribution in [3.05, 3.63) is 35.9 Å². The zero-order valence-electron chi connectivity index (χ0n) is 10.9. The Bertz CT molecular complexity index is 391. The first-order valence-electron chi connectivity index (χ1n) is 6.62. The summed E-state index contributed by atoms with van der Waals surface area (Å²) in [6, 6.07) is 10.1. The summed E-state index contributed by atoms with van der Waals surface area (Å²) in [6.45, 7) is 2.14. The number of hydrogen-bond acceptors (Lipinski definition) is 2. The molecule has 1 fully saturated rings. The molecule has 1 aliphatic rings. The molecule has 0 bridgehead atoms. The molecule has 98 valence electrons. The van der Waals surface area contributed by atoms with Crippen LogP contribution in [-0.4, -0.2) is 36.1 Å². The minimum atomic E-state index is -0.697. The lowest BCUT2D eigenvalue weighted by Crippen LogP contribution is -2.35. The van der Waals surface area contributed by atoms with Gasteiger partial charge in [-0.05, 0) is 43.8 Å². The number of nitrogens with zero attached hydrogens (tertiary/aromatic N) is 1. The Labute approximate surface area is 108 Å². The van der Waals surface area contributed by atoms with E-state index in [9.17, 15) is 4.79 Å². The van der Waals surface area contributed by atoms with Gasteiger partial charge in [0.15, 0.2) is 0 Å². The fourth-order valence-electron chi connectivity index (χ4n) is 2.98. The summed E-state index contributed by atoms with van der Waals surface area (Å²) in [5, 5.41) is 9.13. The van der Waals surface area contributed by atoms with Gasteiger partial charge in [0.05, 0.1) is 6.42 Å². The number of benzene rings is 1. The molecule has 3 heteroatoms. The highest BCUT2D eigenvalue weighted by Gasteiger charge is 2.28. The average Bonchev–Trinajstić information content (AvgIpc) is 2.37. The van der Waals surface area contributed by atoms with E-state index in [0.717, 1.165) is 19.5 Å². The molecule has 0 amide bonds. The van der Waals surface area contributed by atoms with Gasteiger partial charge in [-0.3, -0.25) is 4.79 Å². The molecule has 0 aliphatic carbocycles. The van der Waals surface area contributed by atoms with Crippen molar-refractivity contribution < 1.29 is 9.90 Å². The van der Waals surface area contributed by atoms with E-state index in [1.807, 2.05) is 18.2 Å². The molecule has 1 aliphatic heterocycles. The van der Waals surface area contributed by atoms with Crippen LogP contribution in [0.3, 0.4) is 0 Å². The fraction of sp³-hybridized carbons (Fsp3) is 0.533. The predicted octanol–water partition coefficient (Wildman–Crippen LogP) is 2.59. The predicted molar refractivity (Wildman–Crippen MR) is 71.7 cm³/mol. The number of carboxylic acids is 1. The average molecular weight is 247 g/mol. The Kier molecular flexibility index (Phi) is 4.37. The minimum Gasteiger partial charge on any atom is -0.481 e. The number of aliphatic carboxylic acids is 1. The summed E-state index contributed by atoms with van der Waals surface area (Å²) < 4.78 is 0. The molecule has 0 unspecified atom stereocenters. The molecule has 0 saturated carbocycles. The Morgan fingerprint density at radius 1 is 1.44 bits per heavy atom. The smallest absolute Gasteiger partial charge is 0.303 e. The van der Waals surface area contributed by atoms with E-state index < -0.39 is 5.97 Å². The Balaban J connectivity index is 2.16. The molecule has 1 heterocycles. The first-order chi connectivity index (χ1) is 8.66. The lowest BCUT2D eigenvalue weighted by molar-refractivity contribution is -0.137. The van der Waals surface area contributed by atoms with E-state index in [1.165, 1.54) is 12.0 Å². The zero-order chi connectivity index (χ0) is 13.0. The molecule has 1 saturated heterocycles. The molecular weight excluding hydrogens is 226 g/mol. The second-order valence-corrected chi connectivity index (χ2v) is 5.28. The van der Waals surface area contributed by atoms with Crippen LogP contribution >= 0.6 is 0 Å². The van der Waals surface area contributed by atoms with Gasteiger partial charge in [0.2, 0.25) is 0 Å². The molecule has 1 aromatic carbocycles. The number of hydrogen-bond donors (Lipinski definition) is 1. The van der Waals surface area contributed by atoms with E-state index >= 15 is 0 Å². The molecule has 1 aromatic rings. The van der Waals surface area contributed by atoms with Crippen molar-refractivity contribution >= 4 is 5.97 Å². The maximum atomic E-state index is 11.1. The second-order valence-electron chi connectivity index (χ2n) is 5.28. The van der Waals surface area contributed by atoms with Crippen LogP contribution in [0.15, 0.2) is 30.3 Å². The van der Waals surface area contributed by atoms with E-state index in [1.54, 1.807) is 0 Å². The van der Waals surface area contributed by atoms with Crippen molar-refractivity contribution in [2.45, 2.75) is 25.2 Å². The van der Waals surface area contributed by atoms with Crippen LogP contribution in [0.5, 0.6) is 0 Å². The van der Waals surface area contributed by atoms with Crippen LogP contribution in [0.1, 0.15) is 30.7 Å². The molecule has 3 nitrogen and oxygen atoms in total. The summed E-state index contributed by atoms with van der Waals surface area (Å²) in [6.07, 6.45) is 2.55. The lowest BCUT2D eigenvalue weighted by Gasteiger charge is -2.34. The molecule has 18 heavy (non-hydrogen) atoms. The van der Waals surface area contributed by atoms with Crippen LogP contribution in [-0.2, 0) is 4.79 Å². The third-order valence-corrected chi connectivity index (χ3v) is 3.85. The number of carbonyl (C=O) groups is 1. The van der Waals surface area contributed by atoms with Gasteiger partial charge < -0.3 is 10.0 Å². The van der Waals surface area contributed by atoms with E-state index in [0.29, 0.717) is 5.92 Å². The van der Waals surface area contributed by atoms with Crippen molar-refractivity contribution in [1.29, 1.82) is 0 Å². The molecule has 2 rings (SSSR count). The quantitative estimate of drug-likeness (QED) is 0.889. The van der Waals surface area contributed by atoms with Gasteiger partial charge in [-0.15, -0.1) is 0 Å². The van der Waals surface area contributed by atoms with Gasteiger partial charge in [0, 0.05) is 6.54 Å². The van der Waals surface area contributed by atoms with Gasteiger partial charge in [-0.2, -0.15) is 0 Å². The van der Waals surface area contributed by atoms with E-state index in [-0.39, 0.29) is 12.3 Å². The number of piperidine rings is 1. The normalized spacial score (nSPS) is 22.6. The summed E-state index contributed by atoms with van der Waals surface area (Å²) in [7, 11) is 2.12. The van der Waals surface area contributed by atoms with Crippen molar-refractivity contribution in [1.82, 2.24) is 4.90 Å². The van der Waals surface area contributed by atoms with Gasteiger partial charge in [-0.25, -0.2) is 0 Å². The Morgan fingerprint density at radius 2 is 2.17 bits per heavy atom. The SMILES string of the molecule is CN1CCC[C@@H]([C@@H](CC(=O)O)c2ccccc2)C1. The standard InChI is InChI=1S/C15H21NO2/c1-16-9-5-8-13(11-16)14(10-15(17)18)12-6-3-2-4-7-12/h2-4,6-7,13-14H,5,8-11H2,1H3,(H,17,18)/t13-,14+/m1/s1. The number of likely N-dealkylation sites (tertiary alicyclic amines) is 1. The van der Waals surface area contributed by atoms with Crippen molar-refractivity contribution in [2.75, 3.05) is 20.1 Å². The second kappa shape index (κ2) is 6.01. The Hall–Kier alpha value is -1.35. The van der Waals surface area contributed by atoms with Crippen molar-refractivity contribution in [3.8, 4) is 0 Å². The fourth-order valence-corrected chi connectivity index (χ4v) is 2.98. The van der Waals surface area contributed by atoms with Crippen LogP contribution in [0.4, 0.5) is 0 Å². The summed E-state index contributed by atoms with van der Waals surface area (Å²) >= 11 is 0. The highest BCUT2D eigenvalue weighted by molar-refractivity contribution is 5.68. The largest absolute Gasteiger partial charge is 0.481 e. The van der Waals surface area contributed by atoms with Gasteiger partial charge in [0.25, 0.3) is 0 Å². The minimum absolute atomic E-state index is 0.145. The molecule has 0 radical (unpaired) electrons. The van der Waals surface area contributed by atoms with Crippen LogP contribution in [0.2, 0.25) is 0 Å². The zero-order valence-corrected chi connectivity index (χ0v) is 10.9. The highest BCUT2D eigenvalue weighted by Crippen LogP contribution is 2.33. The van der Waals surface area contributed by atoms with Crippen molar-refractivity contribution in [2.24, 2.45) is 5.92 Å². The monoisotopic (exact) mass is 247 g/mol. The molecule has 0 spiro atoms. The summed E-state index contributed by atoms with van der Waals surface area (Å²) in [5.41, 5.74) is 1.17. The third-order valence-electron chi connectivity index (χ3n) is 3.85. The highest BCUT2D eigenvalue weighted by atomic mass is 16.4. The molecule has 2 atom stereocenters. The van der Waals surface area contributed by atoms with Crippen LogP contribution in [0, 0.1) is 5.92 Å². The van der Waals surface area contributed by atoms with Gasteiger partial charge in [0.1, 0.15) is 0 Å². The first kappa shape index (κ1) is 13.1. The van der Waals surface area contributed by atoms with Crippen LogP contribution < -0.4 is 0 Å². The molecule has 1 N–H and O–H groups in total. The van der Waals surface area contributed by atoms with E-state index in [4.69, 9.17) is 5.11 Å².